The van der Waals surface area contributed by atoms with Crippen LogP contribution < -0.4 is 11.1 Å². The molecule has 0 saturated carbocycles. The van der Waals surface area contributed by atoms with E-state index in [1.807, 2.05) is 0 Å². The maximum Gasteiger partial charge on any atom is 0.180 e. The number of fused-ring (bicyclic) bond motifs is 1. The summed E-state index contributed by atoms with van der Waals surface area (Å²) in [5, 5.41) is 2.92. The van der Waals surface area contributed by atoms with E-state index in [2.05, 4.69) is 15.3 Å². The molecule has 2 aromatic heterocycles. The first-order chi connectivity index (χ1) is 9.63. The summed E-state index contributed by atoms with van der Waals surface area (Å²) in [5.74, 6) is -0.256. The van der Waals surface area contributed by atoms with Crippen LogP contribution in [0.15, 0.2) is 36.8 Å². The van der Waals surface area contributed by atoms with E-state index in [-0.39, 0.29) is 12.1 Å². The molecule has 3 aromatic rings. The fourth-order valence-corrected chi connectivity index (χ4v) is 1.93. The number of nitrogen functional groups attached to an aromatic ring is 1. The van der Waals surface area contributed by atoms with Crippen molar-refractivity contribution in [3.05, 3.63) is 54.0 Å². The Morgan fingerprint density at radius 2 is 2.15 bits per heavy atom. The van der Waals surface area contributed by atoms with Gasteiger partial charge in [0.25, 0.3) is 0 Å². The molecule has 0 radical (unpaired) electrons. The Morgan fingerprint density at radius 3 is 3.00 bits per heavy atom. The van der Waals surface area contributed by atoms with Crippen molar-refractivity contribution in [2.24, 2.45) is 0 Å². The van der Waals surface area contributed by atoms with Crippen LogP contribution in [0.25, 0.3) is 5.65 Å². The lowest BCUT2D eigenvalue weighted by molar-refractivity contribution is 0.587. The molecule has 0 bridgehead atoms. The molecule has 2 heterocycles. The Balaban J connectivity index is 1.90. The van der Waals surface area contributed by atoms with E-state index in [1.54, 1.807) is 23.0 Å². The highest BCUT2D eigenvalue weighted by Gasteiger charge is 2.08. The zero-order chi connectivity index (χ0) is 14.1. The summed E-state index contributed by atoms with van der Waals surface area (Å²) >= 11 is 0. The summed E-state index contributed by atoms with van der Waals surface area (Å²) in [6.07, 6.45) is 4.95. The van der Waals surface area contributed by atoms with Crippen molar-refractivity contribution >= 4 is 17.3 Å². The van der Waals surface area contributed by atoms with E-state index in [4.69, 9.17) is 5.73 Å². The third-order valence-corrected chi connectivity index (χ3v) is 2.85. The van der Waals surface area contributed by atoms with Crippen LogP contribution in [0.4, 0.5) is 20.4 Å². The monoisotopic (exact) mass is 275 g/mol. The van der Waals surface area contributed by atoms with Crippen LogP contribution in [-0.2, 0) is 6.54 Å². The normalized spacial score (nSPS) is 10.9. The second kappa shape index (κ2) is 4.76. The topological polar surface area (TPSA) is 68.2 Å². The van der Waals surface area contributed by atoms with Gasteiger partial charge in [0.15, 0.2) is 11.5 Å². The Bertz CT molecular complexity index is 769. The lowest BCUT2D eigenvalue weighted by atomic mass is 10.2. The number of anilines is 2. The minimum Gasteiger partial charge on any atom is -0.382 e. The molecule has 20 heavy (non-hydrogen) atoms. The highest BCUT2D eigenvalue weighted by molar-refractivity contribution is 5.64. The highest BCUT2D eigenvalue weighted by atomic mass is 19.1. The molecule has 0 atom stereocenters. The first-order valence-electron chi connectivity index (χ1n) is 5.90. The number of aromatic nitrogens is 3. The molecule has 0 amide bonds. The highest BCUT2D eigenvalue weighted by Crippen LogP contribution is 2.17. The van der Waals surface area contributed by atoms with Crippen LogP contribution >= 0.6 is 0 Å². The van der Waals surface area contributed by atoms with Crippen LogP contribution in [0.2, 0.25) is 0 Å². The van der Waals surface area contributed by atoms with Gasteiger partial charge in [-0.1, -0.05) is 0 Å². The molecule has 102 valence electrons. The van der Waals surface area contributed by atoms with Gasteiger partial charge in [0, 0.05) is 24.5 Å². The zero-order valence-corrected chi connectivity index (χ0v) is 10.3. The van der Waals surface area contributed by atoms with Crippen molar-refractivity contribution in [3.63, 3.8) is 0 Å². The standard InChI is InChI=1S/C13H11F2N5/c14-9-1-2-10(15)8(5-9)6-18-12-13-17-3-4-20(13)7-11(16)19-12/h1-5,7H,6,16H2,(H,18,19). The number of benzene rings is 1. The van der Waals surface area contributed by atoms with Crippen LogP contribution in [0.5, 0.6) is 0 Å². The third kappa shape index (κ3) is 2.25. The number of nitrogens with zero attached hydrogens (tertiary/aromatic N) is 3. The van der Waals surface area contributed by atoms with Crippen LogP contribution in [0.3, 0.4) is 0 Å². The van der Waals surface area contributed by atoms with Crippen molar-refractivity contribution in [1.29, 1.82) is 0 Å². The van der Waals surface area contributed by atoms with E-state index in [0.717, 1.165) is 18.2 Å². The maximum absolute atomic E-state index is 13.5. The van der Waals surface area contributed by atoms with Crippen LogP contribution in [0.1, 0.15) is 5.56 Å². The number of imidazole rings is 1. The molecule has 0 aliphatic carbocycles. The van der Waals surface area contributed by atoms with Gasteiger partial charge >= 0.3 is 0 Å². The molecule has 0 spiro atoms. The summed E-state index contributed by atoms with van der Waals surface area (Å²) in [4.78, 5) is 8.23. The fourth-order valence-electron chi connectivity index (χ4n) is 1.93. The van der Waals surface area contributed by atoms with E-state index in [1.165, 1.54) is 0 Å². The largest absolute Gasteiger partial charge is 0.382 e. The number of rotatable bonds is 3. The average Bonchev–Trinajstić information content (AvgIpc) is 2.87. The van der Waals surface area contributed by atoms with Crippen molar-refractivity contribution in [2.45, 2.75) is 6.54 Å². The van der Waals surface area contributed by atoms with Crippen LogP contribution in [0, 0.1) is 11.6 Å². The van der Waals surface area contributed by atoms with Gasteiger partial charge in [0.2, 0.25) is 0 Å². The molecule has 0 fully saturated rings. The SMILES string of the molecule is Nc1cn2ccnc2c(NCc2cc(F)ccc2F)n1. The van der Waals surface area contributed by atoms with E-state index in [0.29, 0.717) is 17.3 Å². The summed E-state index contributed by atoms with van der Waals surface area (Å²) in [6.45, 7) is 0.0859. The second-order valence-electron chi connectivity index (χ2n) is 4.26. The first kappa shape index (κ1) is 12.3. The smallest absolute Gasteiger partial charge is 0.180 e. The molecule has 0 unspecified atom stereocenters. The Kier molecular flexibility index (Phi) is 2.94. The number of hydrogen-bond donors (Lipinski definition) is 2. The minimum atomic E-state index is -0.491. The average molecular weight is 275 g/mol. The molecular formula is C13H11F2N5. The van der Waals surface area contributed by atoms with Gasteiger partial charge < -0.3 is 15.5 Å². The lowest BCUT2D eigenvalue weighted by Crippen LogP contribution is -2.07. The van der Waals surface area contributed by atoms with Gasteiger partial charge in [-0.05, 0) is 18.2 Å². The third-order valence-electron chi connectivity index (χ3n) is 2.85. The van der Waals surface area contributed by atoms with Crippen LogP contribution in [-0.4, -0.2) is 14.4 Å². The Hall–Kier alpha value is -2.70. The van der Waals surface area contributed by atoms with Gasteiger partial charge in [0.05, 0.1) is 6.20 Å². The predicted molar refractivity (Wildman–Crippen MR) is 71.1 cm³/mol. The second-order valence-corrected chi connectivity index (χ2v) is 4.26. The molecule has 3 N–H and O–H groups in total. The summed E-state index contributed by atoms with van der Waals surface area (Å²) in [7, 11) is 0. The summed E-state index contributed by atoms with van der Waals surface area (Å²) < 4.78 is 28.3. The minimum absolute atomic E-state index is 0.0859. The molecule has 1 aromatic carbocycles. The number of nitrogens with one attached hydrogen (secondary N) is 1. The molecular weight excluding hydrogens is 264 g/mol. The Morgan fingerprint density at radius 1 is 1.30 bits per heavy atom. The van der Waals surface area contributed by atoms with Crippen molar-refractivity contribution in [3.8, 4) is 0 Å². The van der Waals surface area contributed by atoms with Gasteiger partial charge in [-0.3, -0.25) is 0 Å². The zero-order valence-electron chi connectivity index (χ0n) is 10.3. The quantitative estimate of drug-likeness (QED) is 0.769. The number of halogens is 2. The van der Waals surface area contributed by atoms with E-state index < -0.39 is 11.6 Å². The van der Waals surface area contributed by atoms with E-state index in [9.17, 15) is 8.78 Å². The molecule has 0 aliphatic rings. The molecule has 0 saturated heterocycles. The first-order valence-corrected chi connectivity index (χ1v) is 5.90. The van der Waals surface area contributed by atoms with Crippen molar-refractivity contribution < 1.29 is 8.78 Å². The van der Waals surface area contributed by atoms with Gasteiger partial charge in [0.1, 0.15) is 17.5 Å². The molecule has 7 heteroatoms. The molecule has 0 aliphatic heterocycles. The lowest BCUT2D eigenvalue weighted by Gasteiger charge is -2.09. The van der Waals surface area contributed by atoms with Gasteiger partial charge in [-0.2, -0.15) is 0 Å². The molecule has 3 rings (SSSR count). The number of hydrogen-bond acceptors (Lipinski definition) is 4. The van der Waals surface area contributed by atoms with E-state index >= 15 is 0 Å². The molecule has 5 nitrogen and oxygen atoms in total. The Labute approximate surface area is 113 Å². The number of nitrogens with two attached hydrogens (primary N) is 1. The van der Waals surface area contributed by atoms with Crippen molar-refractivity contribution in [1.82, 2.24) is 14.4 Å². The van der Waals surface area contributed by atoms with Crippen molar-refractivity contribution in [2.75, 3.05) is 11.1 Å². The van der Waals surface area contributed by atoms with Gasteiger partial charge in [-0.15, -0.1) is 0 Å². The summed E-state index contributed by atoms with van der Waals surface area (Å²) in [5.41, 5.74) is 6.45. The summed E-state index contributed by atoms with van der Waals surface area (Å²) in [6, 6.07) is 3.30. The maximum atomic E-state index is 13.5. The predicted octanol–water partition coefficient (Wildman–Crippen LogP) is 2.20. The van der Waals surface area contributed by atoms with Gasteiger partial charge in [-0.25, -0.2) is 18.7 Å². The fraction of sp³-hybridized carbons (Fsp3) is 0.0769.